The van der Waals surface area contributed by atoms with E-state index in [2.05, 4.69) is 41.0 Å². The number of nitrogens with zero attached hydrogens (tertiary/aromatic N) is 3. The van der Waals surface area contributed by atoms with Crippen LogP contribution in [0.3, 0.4) is 0 Å². The lowest BCUT2D eigenvalue weighted by atomic mass is 9.89. The van der Waals surface area contributed by atoms with Gasteiger partial charge in [0.15, 0.2) is 0 Å². The molecule has 4 nitrogen and oxygen atoms in total. The standard InChI is InChI=1S/C15H26N4/c1-15(2,3)12-9-17-14(18-10-12)19-8-6-5-7-13(19)11-16-4/h9-10,13,16H,5-8,11H2,1-4H3. The van der Waals surface area contributed by atoms with Crippen LogP contribution in [0.5, 0.6) is 0 Å². The third-order valence-electron chi connectivity index (χ3n) is 3.83. The van der Waals surface area contributed by atoms with Crippen molar-refractivity contribution in [1.29, 1.82) is 0 Å². The maximum Gasteiger partial charge on any atom is 0.225 e. The van der Waals surface area contributed by atoms with Gasteiger partial charge in [-0.15, -0.1) is 0 Å². The summed E-state index contributed by atoms with van der Waals surface area (Å²) in [4.78, 5) is 11.5. The predicted octanol–water partition coefficient (Wildman–Crippen LogP) is 2.35. The Labute approximate surface area is 116 Å². The van der Waals surface area contributed by atoms with Crippen molar-refractivity contribution in [3.63, 3.8) is 0 Å². The molecule has 1 aliphatic heterocycles. The van der Waals surface area contributed by atoms with Gasteiger partial charge >= 0.3 is 0 Å². The maximum atomic E-state index is 4.59. The third kappa shape index (κ3) is 3.44. The summed E-state index contributed by atoms with van der Waals surface area (Å²) >= 11 is 0. The number of rotatable bonds is 3. The summed E-state index contributed by atoms with van der Waals surface area (Å²) in [6, 6.07) is 0.527. The lowest BCUT2D eigenvalue weighted by molar-refractivity contribution is 0.439. The summed E-state index contributed by atoms with van der Waals surface area (Å²) in [7, 11) is 2.01. The van der Waals surface area contributed by atoms with E-state index in [1.165, 1.54) is 24.8 Å². The average molecular weight is 262 g/mol. The molecular weight excluding hydrogens is 236 g/mol. The van der Waals surface area contributed by atoms with E-state index in [1.807, 2.05) is 19.4 Å². The van der Waals surface area contributed by atoms with E-state index in [9.17, 15) is 0 Å². The Morgan fingerprint density at radius 3 is 2.53 bits per heavy atom. The zero-order valence-corrected chi connectivity index (χ0v) is 12.6. The first kappa shape index (κ1) is 14.3. The van der Waals surface area contributed by atoms with Gasteiger partial charge in [0.2, 0.25) is 5.95 Å². The number of anilines is 1. The number of hydrogen-bond acceptors (Lipinski definition) is 4. The Morgan fingerprint density at radius 1 is 1.26 bits per heavy atom. The van der Waals surface area contributed by atoms with E-state index in [4.69, 9.17) is 0 Å². The Bertz CT molecular complexity index is 392. The highest BCUT2D eigenvalue weighted by molar-refractivity contribution is 5.33. The zero-order chi connectivity index (χ0) is 13.9. The molecule has 1 N–H and O–H groups in total. The monoisotopic (exact) mass is 262 g/mol. The van der Waals surface area contributed by atoms with Crippen LogP contribution in [0.1, 0.15) is 45.6 Å². The quantitative estimate of drug-likeness (QED) is 0.908. The molecule has 0 bridgehead atoms. The minimum Gasteiger partial charge on any atom is -0.337 e. The smallest absolute Gasteiger partial charge is 0.225 e. The van der Waals surface area contributed by atoms with Gasteiger partial charge in [-0.3, -0.25) is 0 Å². The van der Waals surface area contributed by atoms with Crippen molar-refractivity contribution in [2.24, 2.45) is 0 Å². The summed E-state index contributed by atoms with van der Waals surface area (Å²) in [5, 5.41) is 3.28. The van der Waals surface area contributed by atoms with Crippen molar-refractivity contribution in [2.45, 2.75) is 51.5 Å². The highest BCUT2D eigenvalue weighted by Gasteiger charge is 2.24. The predicted molar refractivity (Wildman–Crippen MR) is 79.6 cm³/mol. The van der Waals surface area contributed by atoms with Gasteiger partial charge in [-0.2, -0.15) is 0 Å². The first-order valence-electron chi connectivity index (χ1n) is 7.26. The topological polar surface area (TPSA) is 41.0 Å². The molecule has 106 valence electrons. The normalized spacial score (nSPS) is 20.6. The fraction of sp³-hybridized carbons (Fsp3) is 0.733. The molecule has 0 amide bonds. The zero-order valence-electron chi connectivity index (χ0n) is 12.6. The van der Waals surface area contributed by atoms with Gasteiger partial charge in [0, 0.05) is 31.5 Å². The second-order valence-corrected chi connectivity index (χ2v) is 6.42. The van der Waals surface area contributed by atoms with E-state index in [0.717, 1.165) is 19.0 Å². The largest absolute Gasteiger partial charge is 0.337 e. The molecule has 2 heterocycles. The molecular formula is C15H26N4. The van der Waals surface area contributed by atoms with Crippen molar-refractivity contribution in [2.75, 3.05) is 25.0 Å². The number of piperidine rings is 1. The van der Waals surface area contributed by atoms with Gasteiger partial charge in [0.1, 0.15) is 0 Å². The van der Waals surface area contributed by atoms with Gasteiger partial charge in [0.05, 0.1) is 0 Å². The van der Waals surface area contributed by atoms with E-state index >= 15 is 0 Å². The number of aromatic nitrogens is 2. The Hall–Kier alpha value is -1.16. The van der Waals surface area contributed by atoms with Crippen LogP contribution in [-0.4, -0.2) is 36.1 Å². The van der Waals surface area contributed by atoms with Crippen molar-refractivity contribution in [3.05, 3.63) is 18.0 Å². The number of nitrogens with one attached hydrogen (secondary N) is 1. The maximum absolute atomic E-state index is 4.59. The van der Waals surface area contributed by atoms with E-state index < -0.39 is 0 Å². The van der Waals surface area contributed by atoms with E-state index in [-0.39, 0.29) is 5.41 Å². The molecule has 1 aromatic heterocycles. The van der Waals surface area contributed by atoms with Crippen LogP contribution in [0.25, 0.3) is 0 Å². The molecule has 0 radical (unpaired) electrons. The van der Waals surface area contributed by atoms with E-state index in [1.54, 1.807) is 0 Å². The molecule has 4 heteroatoms. The van der Waals surface area contributed by atoms with Gasteiger partial charge < -0.3 is 10.2 Å². The van der Waals surface area contributed by atoms with Crippen LogP contribution >= 0.6 is 0 Å². The van der Waals surface area contributed by atoms with Gasteiger partial charge in [0.25, 0.3) is 0 Å². The van der Waals surface area contributed by atoms with Crippen LogP contribution in [0.15, 0.2) is 12.4 Å². The highest BCUT2D eigenvalue weighted by Crippen LogP contribution is 2.24. The minimum atomic E-state index is 0.116. The molecule has 0 spiro atoms. The molecule has 1 atom stereocenters. The second-order valence-electron chi connectivity index (χ2n) is 6.42. The number of likely N-dealkylation sites (N-methyl/N-ethyl adjacent to an activating group) is 1. The van der Waals surface area contributed by atoms with Crippen LogP contribution < -0.4 is 10.2 Å². The van der Waals surface area contributed by atoms with E-state index in [0.29, 0.717) is 6.04 Å². The molecule has 0 aromatic carbocycles. The average Bonchev–Trinajstić information content (AvgIpc) is 2.39. The Kier molecular flexibility index (Phi) is 4.40. The number of hydrogen-bond donors (Lipinski definition) is 1. The van der Waals surface area contributed by atoms with Crippen molar-refractivity contribution >= 4 is 5.95 Å². The molecule has 19 heavy (non-hydrogen) atoms. The summed E-state index contributed by atoms with van der Waals surface area (Å²) < 4.78 is 0. The van der Waals surface area contributed by atoms with Crippen molar-refractivity contribution < 1.29 is 0 Å². The van der Waals surface area contributed by atoms with Gasteiger partial charge in [-0.25, -0.2) is 9.97 Å². The fourth-order valence-electron chi connectivity index (χ4n) is 2.57. The minimum absolute atomic E-state index is 0.116. The molecule has 1 aliphatic rings. The summed E-state index contributed by atoms with van der Waals surface area (Å²) in [6.07, 6.45) is 7.74. The van der Waals surface area contributed by atoms with Crippen molar-refractivity contribution in [3.8, 4) is 0 Å². The fourth-order valence-corrected chi connectivity index (χ4v) is 2.57. The summed E-state index contributed by atoms with van der Waals surface area (Å²) in [5.41, 5.74) is 1.31. The summed E-state index contributed by atoms with van der Waals surface area (Å²) in [5.74, 6) is 0.882. The SMILES string of the molecule is CNCC1CCCCN1c1ncc(C(C)(C)C)cn1. The van der Waals surface area contributed by atoms with Crippen molar-refractivity contribution in [1.82, 2.24) is 15.3 Å². The molecule has 1 saturated heterocycles. The second kappa shape index (κ2) is 5.87. The van der Waals surface area contributed by atoms with Crippen LogP contribution in [0, 0.1) is 0 Å². The molecule has 1 aromatic rings. The first-order chi connectivity index (χ1) is 9.02. The lowest BCUT2D eigenvalue weighted by Gasteiger charge is -2.35. The van der Waals surface area contributed by atoms with Gasteiger partial charge in [-0.05, 0) is 37.3 Å². The lowest BCUT2D eigenvalue weighted by Crippen LogP contribution is -2.45. The first-order valence-corrected chi connectivity index (χ1v) is 7.26. The summed E-state index contributed by atoms with van der Waals surface area (Å²) in [6.45, 7) is 8.65. The Morgan fingerprint density at radius 2 is 1.95 bits per heavy atom. The van der Waals surface area contributed by atoms with Gasteiger partial charge in [-0.1, -0.05) is 20.8 Å². The molecule has 0 saturated carbocycles. The molecule has 1 fully saturated rings. The Balaban J connectivity index is 2.15. The van der Waals surface area contributed by atoms with Crippen LogP contribution in [0.2, 0.25) is 0 Å². The van der Waals surface area contributed by atoms with Crippen LogP contribution in [0.4, 0.5) is 5.95 Å². The molecule has 2 rings (SSSR count). The van der Waals surface area contributed by atoms with Crippen LogP contribution in [-0.2, 0) is 5.41 Å². The molecule has 1 unspecified atom stereocenters. The highest BCUT2D eigenvalue weighted by atomic mass is 15.3. The third-order valence-corrected chi connectivity index (χ3v) is 3.83. The molecule has 0 aliphatic carbocycles.